The fourth-order valence-electron chi connectivity index (χ4n) is 1.32. The number of urea groups is 1. The van der Waals surface area contributed by atoms with E-state index in [0.717, 1.165) is 10.9 Å². The van der Waals surface area contributed by atoms with Gasteiger partial charge in [0.2, 0.25) is 0 Å². The Morgan fingerprint density at radius 2 is 2.23 bits per heavy atom. The van der Waals surface area contributed by atoms with Gasteiger partial charge in [0.05, 0.1) is 11.2 Å². The largest absolute Gasteiger partial charge is 0.359 e. The number of carbonyl (C=O) groups is 1. The van der Waals surface area contributed by atoms with Crippen LogP contribution in [0.2, 0.25) is 0 Å². The zero-order valence-corrected chi connectivity index (χ0v) is 6.87. The zero-order chi connectivity index (χ0) is 9.26. The van der Waals surface area contributed by atoms with Crippen LogP contribution in [0.3, 0.4) is 0 Å². The van der Waals surface area contributed by atoms with E-state index in [1.54, 1.807) is 6.07 Å². The summed E-state index contributed by atoms with van der Waals surface area (Å²) in [5.41, 5.74) is 6.61. The standard InChI is InChI=1S/C9H9N3O/c10-9(13)12-7-3-1-2-6-4-5-11-8(6)7/h1-5,11H,(H3,10,12,13). The number of fused-ring (bicyclic) bond motifs is 1. The topological polar surface area (TPSA) is 70.9 Å². The minimum absolute atomic E-state index is 0.554. The predicted octanol–water partition coefficient (Wildman–Crippen LogP) is 1.66. The SMILES string of the molecule is NC(=O)Nc1cccc2cc[nH]c12. The summed E-state index contributed by atoms with van der Waals surface area (Å²) in [5.74, 6) is 0. The molecule has 2 rings (SSSR count). The molecule has 0 atom stereocenters. The van der Waals surface area contributed by atoms with Gasteiger partial charge < -0.3 is 16.0 Å². The summed E-state index contributed by atoms with van der Waals surface area (Å²) in [6.07, 6.45) is 1.82. The van der Waals surface area contributed by atoms with Crippen molar-refractivity contribution in [2.45, 2.75) is 0 Å². The third kappa shape index (κ3) is 1.33. The van der Waals surface area contributed by atoms with Crippen molar-refractivity contribution in [2.75, 3.05) is 5.32 Å². The molecule has 0 aliphatic carbocycles. The highest BCUT2D eigenvalue weighted by Gasteiger charge is 2.01. The second kappa shape index (κ2) is 2.82. The first-order valence-electron chi connectivity index (χ1n) is 3.90. The van der Waals surface area contributed by atoms with E-state index in [9.17, 15) is 4.79 Å². The van der Waals surface area contributed by atoms with Crippen molar-refractivity contribution >= 4 is 22.6 Å². The van der Waals surface area contributed by atoms with Gasteiger partial charge in [0.15, 0.2) is 0 Å². The van der Waals surface area contributed by atoms with Crippen molar-refractivity contribution < 1.29 is 4.79 Å². The van der Waals surface area contributed by atoms with E-state index in [0.29, 0.717) is 5.69 Å². The number of H-pyrrole nitrogens is 1. The molecule has 0 spiro atoms. The van der Waals surface area contributed by atoms with Crippen LogP contribution in [0.5, 0.6) is 0 Å². The normalized spacial score (nSPS) is 10.2. The minimum Gasteiger partial charge on any atom is -0.359 e. The van der Waals surface area contributed by atoms with E-state index in [-0.39, 0.29) is 0 Å². The Labute approximate surface area is 74.7 Å². The summed E-state index contributed by atoms with van der Waals surface area (Å²) < 4.78 is 0. The molecule has 13 heavy (non-hydrogen) atoms. The molecule has 4 heteroatoms. The van der Waals surface area contributed by atoms with E-state index >= 15 is 0 Å². The van der Waals surface area contributed by atoms with Crippen LogP contribution in [-0.2, 0) is 0 Å². The number of rotatable bonds is 1. The maximum absolute atomic E-state index is 10.6. The van der Waals surface area contributed by atoms with Crippen molar-refractivity contribution in [2.24, 2.45) is 5.73 Å². The van der Waals surface area contributed by atoms with Gasteiger partial charge in [-0.3, -0.25) is 0 Å². The van der Waals surface area contributed by atoms with Crippen LogP contribution in [-0.4, -0.2) is 11.0 Å². The molecule has 0 aliphatic rings. The number of hydrogen-bond acceptors (Lipinski definition) is 1. The van der Waals surface area contributed by atoms with Gasteiger partial charge >= 0.3 is 6.03 Å². The lowest BCUT2D eigenvalue weighted by Gasteiger charge is -2.02. The third-order valence-corrected chi connectivity index (χ3v) is 1.85. The Hall–Kier alpha value is -1.97. The Bertz CT molecular complexity index is 447. The van der Waals surface area contributed by atoms with Crippen LogP contribution in [0.25, 0.3) is 10.9 Å². The molecular formula is C9H9N3O. The van der Waals surface area contributed by atoms with Gasteiger partial charge in [-0.2, -0.15) is 0 Å². The number of primary amides is 1. The van der Waals surface area contributed by atoms with Gasteiger partial charge in [-0.25, -0.2) is 4.79 Å². The molecule has 66 valence electrons. The van der Waals surface area contributed by atoms with Crippen molar-refractivity contribution in [3.63, 3.8) is 0 Å². The number of amides is 2. The van der Waals surface area contributed by atoms with Crippen LogP contribution < -0.4 is 11.1 Å². The first-order valence-corrected chi connectivity index (χ1v) is 3.90. The third-order valence-electron chi connectivity index (χ3n) is 1.85. The fourth-order valence-corrected chi connectivity index (χ4v) is 1.32. The number of carbonyl (C=O) groups excluding carboxylic acids is 1. The monoisotopic (exact) mass is 175 g/mol. The molecule has 0 saturated carbocycles. The molecule has 0 aliphatic heterocycles. The second-order valence-electron chi connectivity index (χ2n) is 2.74. The molecule has 0 radical (unpaired) electrons. The summed E-state index contributed by atoms with van der Waals surface area (Å²) in [6.45, 7) is 0. The Morgan fingerprint density at radius 3 is 3.00 bits per heavy atom. The number of aromatic amines is 1. The molecule has 0 unspecified atom stereocenters. The van der Waals surface area contributed by atoms with Gasteiger partial charge in [-0.1, -0.05) is 12.1 Å². The number of benzene rings is 1. The summed E-state index contributed by atoms with van der Waals surface area (Å²) in [7, 11) is 0. The van der Waals surface area contributed by atoms with Crippen LogP contribution in [0.4, 0.5) is 10.5 Å². The van der Waals surface area contributed by atoms with E-state index in [4.69, 9.17) is 5.73 Å². The molecular weight excluding hydrogens is 166 g/mol. The molecule has 1 aromatic carbocycles. The lowest BCUT2D eigenvalue weighted by molar-refractivity contribution is 0.259. The molecule has 0 bridgehead atoms. The maximum Gasteiger partial charge on any atom is 0.316 e. The molecule has 4 nitrogen and oxygen atoms in total. The maximum atomic E-state index is 10.6. The lowest BCUT2D eigenvalue weighted by atomic mass is 10.2. The van der Waals surface area contributed by atoms with E-state index < -0.39 is 6.03 Å². The minimum atomic E-state index is -0.554. The number of anilines is 1. The van der Waals surface area contributed by atoms with Gasteiger partial charge in [0, 0.05) is 11.6 Å². The Morgan fingerprint density at radius 1 is 1.38 bits per heavy atom. The van der Waals surface area contributed by atoms with Gasteiger partial charge in [0.1, 0.15) is 0 Å². The van der Waals surface area contributed by atoms with Gasteiger partial charge in [0.25, 0.3) is 0 Å². The predicted molar refractivity (Wildman–Crippen MR) is 51.5 cm³/mol. The van der Waals surface area contributed by atoms with E-state index in [1.807, 2.05) is 24.4 Å². The molecule has 1 heterocycles. The van der Waals surface area contributed by atoms with Crippen LogP contribution in [0, 0.1) is 0 Å². The van der Waals surface area contributed by atoms with Crippen LogP contribution in [0.1, 0.15) is 0 Å². The van der Waals surface area contributed by atoms with E-state index in [2.05, 4.69) is 10.3 Å². The quantitative estimate of drug-likeness (QED) is 0.606. The first-order chi connectivity index (χ1) is 6.27. The number of aromatic nitrogens is 1. The highest BCUT2D eigenvalue weighted by atomic mass is 16.2. The summed E-state index contributed by atoms with van der Waals surface area (Å²) in [5, 5.41) is 3.59. The number of para-hydroxylation sites is 1. The van der Waals surface area contributed by atoms with Gasteiger partial charge in [-0.05, 0) is 12.1 Å². The molecule has 0 fully saturated rings. The fraction of sp³-hybridized carbons (Fsp3) is 0. The van der Waals surface area contributed by atoms with Gasteiger partial charge in [-0.15, -0.1) is 0 Å². The number of nitrogens with one attached hydrogen (secondary N) is 2. The average molecular weight is 175 g/mol. The highest BCUT2D eigenvalue weighted by molar-refractivity contribution is 5.99. The number of nitrogens with two attached hydrogens (primary N) is 1. The summed E-state index contributed by atoms with van der Waals surface area (Å²) in [6, 6.07) is 6.99. The summed E-state index contributed by atoms with van der Waals surface area (Å²) in [4.78, 5) is 13.7. The molecule has 1 aromatic heterocycles. The van der Waals surface area contributed by atoms with Crippen molar-refractivity contribution in [3.05, 3.63) is 30.5 Å². The van der Waals surface area contributed by atoms with Crippen molar-refractivity contribution in [3.8, 4) is 0 Å². The lowest BCUT2D eigenvalue weighted by Crippen LogP contribution is -2.19. The highest BCUT2D eigenvalue weighted by Crippen LogP contribution is 2.20. The molecule has 0 saturated heterocycles. The smallest absolute Gasteiger partial charge is 0.316 e. The Kier molecular flexibility index (Phi) is 1.66. The Balaban J connectivity index is 2.54. The number of hydrogen-bond donors (Lipinski definition) is 3. The summed E-state index contributed by atoms with van der Waals surface area (Å²) >= 11 is 0. The van der Waals surface area contributed by atoms with Crippen LogP contribution >= 0.6 is 0 Å². The van der Waals surface area contributed by atoms with Crippen molar-refractivity contribution in [1.29, 1.82) is 0 Å². The molecule has 2 aromatic rings. The van der Waals surface area contributed by atoms with E-state index in [1.165, 1.54) is 0 Å². The zero-order valence-electron chi connectivity index (χ0n) is 6.87. The molecule has 2 amide bonds. The first kappa shape index (κ1) is 7.67. The second-order valence-corrected chi connectivity index (χ2v) is 2.74. The van der Waals surface area contributed by atoms with Crippen molar-refractivity contribution in [1.82, 2.24) is 4.98 Å². The average Bonchev–Trinajstić information content (AvgIpc) is 2.51. The molecule has 4 N–H and O–H groups in total. The van der Waals surface area contributed by atoms with Crippen LogP contribution in [0.15, 0.2) is 30.5 Å².